The normalized spacial score (nSPS) is 21.6. The highest BCUT2D eigenvalue weighted by molar-refractivity contribution is 5.83. The van der Waals surface area contributed by atoms with Crippen LogP contribution in [-0.4, -0.2) is 44.4 Å². The second-order valence-corrected chi connectivity index (χ2v) is 6.41. The summed E-state index contributed by atoms with van der Waals surface area (Å²) >= 11 is 0. The highest BCUT2D eigenvalue weighted by Gasteiger charge is 2.32. The Kier molecular flexibility index (Phi) is 4.38. The van der Waals surface area contributed by atoms with Crippen LogP contribution >= 0.6 is 0 Å². The average molecular weight is 315 g/mol. The molecular weight excluding hydrogens is 294 g/mol. The van der Waals surface area contributed by atoms with E-state index >= 15 is 0 Å². The van der Waals surface area contributed by atoms with Gasteiger partial charge in [-0.3, -0.25) is 4.79 Å². The zero-order chi connectivity index (χ0) is 16.3. The Morgan fingerprint density at radius 2 is 2.17 bits per heavy atom. The SMILES string of the molecule is CC1(C)C[C@H](NC(=O)[C@@H](c2ccccc2)n2cnnn2)CCO1. The van der Waals surface area contributed by atoms with Gasteiger partial charge in [0.1, 0.15) is 6.33 Å². The van der Waals surface area contributed by atoms with Gasteiger partial charge in [0.25, 0.3) is 0 Å². The van der Waals surface area contributed by atoms with Gasteiger partial charge in [-0.05, 0) is 42.7 Å². The molecule has 122 valence electrons. The van der Waals surface area contributed by atoms with Crippen LogP contribution in [0.2, 0.25) is 0 Å². The van der Waals surface area contributed by atoms with Crippen LogP contribution in [0.1, 0.15) is 38.3 Å². The average Bonchev–Trinajstić information content (AvgIpc) is 3.01. The zero-order valence-electron chi connectivity index (χ0n) is 13.3. The summed E-state index contributed by atoms with van der Waals surface area (Å²) in [4.78, 5) is 12.9. The number of carbonyl (C=O) groups is 1. The van der Waals surface area contributed by atoms with Crippen LogP contribution in [0, 0.1) is 0 Å². The molecule has 1 amide bonds. The van der Waals surface area contributed by atoms with Gasteiger partial charge in [-0.1, -0.05) is 30.3 Å². The Hall–Kier alpha value is -2.28. The molecule has 3 rings (SSSR count). The molecule has 1 aliphatic heterocycles. The van der Waals surface area contributed by atoms with E-state index in [-0.39, 0.29) is 17.6 Å². The number of tetrazole rings is 1. The number of amides is 1. The molecule has 2 aromatic rings. The van der Waals surface area contributed by atoms with Crippen molar-refractivity contribution in [2.75, 3.05) is 6.61 Å². The molecule has 2 atom stereocenters. The molecule has 0 unspecified atom stereocenters. The van der Waals surface area contributed by atoms with Gasteiger partial charge in [0.15, 0.2) is 6.04 Å². The summed E-state index contributed by atoms with van der Waals surface area (Å²) < 4.78 is 7.19. The fraction of sp³-hybridized carbons (Fsp3) is 0.500. The predicted octanol–water partition coefficient (Wildman–Crippen LogP) is 1.34. The van der Waals surface area contributed by atoms with Crippen molar-refractivity contribution in [3.05, 3.63) is 42.2 Å². The molecule has 1 fully saturated rings. The van der Waals surface area contributed by atoms with Crippen molar-refractivity contribution in [2.24, 2.45) is 0 Å². The highest BCUT2D eigenvalue weighted by atomic mass is 16.5. The summed E-state index contributed by atoms with van der Waals surface area (Å²) in [6, 6.07) is 9.04. The smallest absolute Gasteiger partial charge is 0.249 e. The van der Waals surface area contributed by atoms with Crippen molar-refractivity contribution in [3.8, 4) is 0 Å². The van der Waals surface area contributed by atoms with Crippen LogP contribution in [0.15, 0.2) is 36.7 Å². The molecule has 0 bridgehead atoms. The minimum atomic E-state index is -0.572. The fourth-order valence-electron chi connectivity index (χ4n) is 2.98. The van der Waals surface area contributed by atoms with E-state index in [4.69, 9.17) is 4.74 Å². The number of rotatable bonds is 4. The van der Waals surface area contributed by atoms with Gasteiger partial charge < -0.3 is 10.1 Å². The van der Waals surface area contributed by atoms with E-state index in [2.05, 4.69) is 20.8 Å². The summed E-state index contributed by atoms with van der Waals surface area (Å²) in [6.07, 6.45) is 3.06. The Morgan fingerprint density at radius 3 is 2.83 bits per heavy atom. The van der Waals surface area contributed by atoms with E-state index < -0.39 is 6.04 Å². The molecule has 0 aliphatic carbocycles. The predicted molar refractivity (Wildman–Crippen MR) is 83.6 cm³/mol. The molecule has 0 radical (unpaired) electrons. The van der Waals surface area contributed by atoms with Crippen LogP contribution in [0.5, 0.6) is 0 Å². The first kappa shape index (κ1) is 15.6. The number of hydrogen-bond donors (Lipinski definition) is 1. The van der Waals surface area contributed by atoms with Gasteiger partial charge in [-0.2, -0.15) is 0 Å². The third kappa shape index (κ3) is 3.73. The zero-order valence-corrected chi connectivity index (χ0v) is 13.3. The molecule has 7 heteroatoms. The van der Waals surface area contributed by atoms with Crippen LogP contribution in [0.4, 0.5) is 0 Å². The number of benzene rings is 1. The van der Waals surface area contributed by atoms with Gasteiger partial charge in [-0.25, -0.2) is 4.68 Å². The van der Waals surface area contributed by atoms with E-state index in [0.717, 1.165) is 18.4 Å². The lowest BCUT2D eigenvalue weighted by molar-refractivity contribution is -0.126. The first-order valence-electron chi connectivity index (χ1n) is 7.77. The maximum Gasteiger partial charge on any atom is 0.249 e. The van der Waals surface area contributed by atoms with Gasteiger partial charge in [0, 0.05) is 12.6 Å². The number of aromatic nitrogens is 4. The van der Waals surface area contributed by atoms with Crippen LogP contribution < -0.4 is 5.32 Å². The van der Waals surface area contributed by atoms with E-state index in [0.29, 0.717) is 6.61 Å². The van der Waals surface area contributed by atoms with Crippen LogP contribution in [0.3, 0.4) is 0 Å². The molecular formula is C16H21N5O2. The van der Waals surface area contributed by atoms with Crippen molar-refractivity contribution in [3.63, 3.8) is 0 Å². The third-order valence-electron chi connectivity index (χ3n) is 4.04. The van der Waals surface area contributed by atoms with Crippen LogP contribution in [-0.2, 0) is 9.53 Å². The summed E-state index contributed by atoms with van der Waals surface area (Å²) in [6.45, 7) is 4.74. The van der Waals surface area contributed by atoms with Gasteiger partial charge >= 0.3 is 0 Å². The topological polar surface area (TPSA) is 81.9 Å². The summed E-state index contributed by atoms with van der Waals surface area (Å²) in [5, 5.41) is 14.3. The number of ether oxygens (including phenoxy) is 1. The summed E-state index contributed by atoms with van der Waals surface area (Å²) in [7, 11) is 0. The largest absolute Gasteiger partial charge is 0.375 e. The van der Waals surface area contributed by atoms with Gasteiger partial charge in [0.05, 0.1) is 5.60 Å². The van der Waals surface area contributed by atoms with Crippen LogP contribution in [0.25, 0.3) is 0 Å². The van der Waals surface area contributed by atoms with Crippen molar-refractivity contribution in [1.29, 1.82) is 0 Å². The second-order valence-electron chi connectivity index (χ2n) is 6.41. The second kappa shape index (κ2) is 6.45. The summed E-state index contributed by atoms with van der Waals surface area (Å²) in [5.41, 5.74) is 0.636. The Labute approximate surface area is 135 Å². The van der Waals surface area contributed by atoms with E-state index in [9.17, 15) is 4.79 Å². The first-order chi connectivity index (χ1) is 11.1. The highest BCUT2D eigenvalue weighted by Crippen LogP contribution is 2.25. The Morgan fingerprint density at radius 1 is 1.39 bits per heavy atom. The van der Waals surface area contributed by atoms with Crippen molar-refractivity contribution in [1.82, 2.24) is 25.5 Å². The Balaban J connectivity index is 1.79. The third-order valence-corrected chi connectivity index (χ3v) is 4.04. The molecule has 1 aromatic heterocycles. The van der Waals surface area contributed by atoms with E-state index in [1.165, 1.54) is 11.0 Å². The molecule has 1 aromatic carbocycles. The lowest BCUT2D eigenvalue weighted by Gasteiger charge is -2.36. The monoisotopic (exact) mass is 315 g/mol. The minimum absolute atomic E-state index is 0.0916. The number of nitrogens with one attached hydrogen (secondary N) is 1. The maximum absolute atomic E-state index is 12.9. The van der Waals surface area contributed by atoms with E-state index in [1.807, 2.05) is 44.2 Å². The first-order valence-corrected chi connectivity index (χ1v) is 7.77. The molecule has 1 aliphatic rings. The van der Waals surface area contributed by atoms with Crippen molar-refractivity contribution in [2.45, 2.75) is 44.4 Å². The molecule has 1 N–H and O–H groups in total. The van der Waals surface area contributed by atoms with Crippen molar-refractivity contribution < 1.29 is 9.53 Å². The molecule has 0 spiro atoms. The fourth-order valence-corrected chi connectivity index (χ4v) is 2.98. The molecule has 2 heterocycles. The Bertz CT molecular complexity index is 642. The lowest BCUT2D eigenvalue weighted by atomic mass is 9.93. The number of carbonyl (C=O) groups excluding carboxylic acids is 1. The molecule has 23 heavy (non-hydrogen) atoms. The summed E-state index contributed by atoms with van der Waals surface area (Å²) in [5.74, 6) is -0.105. The van der Waals surface area contributed by atoms with E-state index in [1.54, 1.807) is 0 Å². The molecule has 7 nitrogen and oxygen atoms in total. The minimum Gasteiger partial charge on any atom is -0.375 e. The van der Waals surface area contributed by atoms with Crippen molar-refractivity contribution >= 4 is 5.91 Å². The van der Waals surface area contributed by atoms with Gasteiger partial charge in [-0.15, -0.1) is 5.10 Å². The van der Waals surface area contributed by atoms with Gasteiger partial charge in [0.2, 0.25) is 5.91 Å². The quantitative estimate of drug-likeness (QED) is 0.920. The standard InChI is InChI=1S/C16H21N5O2/c1-16(2)10-13(8-9-23-16)18-15(22)14(21-11-17-19-20-21)12-6-4-3-5-7-12/h3-7,11,13-14H,8-10H2,1-2H3,(H,18,22)/t13-,14-/m1/s1. The molecule has 0 saturated carbocycles. The molecule has 1 saturated heterocycles. The maximum atomic E-state index is 12.9. The number of nitrogens with zero attached hydrogens (tertiary/aromatic N) is 4. The number of hydrogen-bond acceptors (Lipinski definition) is 5. The lowest BCUT2D eigenvalue weighted by Crippen LogP contribution is -2.47.